The Morgan fingerprint density at radius 3 is 2.18 bits per heavy atom. The third kappa shape index (κ3) is 4.33. The number of carbonyl (C=O) groups excluding carboxylic acids is 2. The summed E-state index contributed by atoms with van der Waals surface area (Å²) in [6.45, 7) is 2.81. The Morgan fingerprint density at radius 2 is 1.46 bits per heavy atom. The van der Waals surface area contributed by atoms with Gasteiger partial charge in [0.25, 0.3) is 15.9 Å². The zero-order chi connectivity index (χ0) is 40.6. The molecule has 6 N–H and O–H groups in total. The summed E-state index contributed by atoms with van der Waals surface area (Å²) < 4.78 is 85.8. The summed E-state index contributed by atoms with van der Waals surface area (Å²) in [4.78, 5) is 28.2. The molecule has 0 saturated heterocycles. The van der Waals surface area contributed by atoms with E-state index in [1.54, 1.807) is 19.3 Å². The second kappa shape index (κ2) is 10.8. The predicted octanol–water partition coefficient (Wildman–Crippen LogP) is 5.12. The Morgan fingerprint density at radius 1 is 0.772 bits per heavy atom. The molecule has 2 heterocycles. The Bertz CT molecular complexity index is 3050. The van der Waals surface area contributed by atoms with Gasteiger partial charge in [-0.1, -0.05) is 13.8 Å². The molecule has 294 valence electrons. The number of fused-ring (bicyclic) bond motifs is 6. The van der Waals surface area contributed by atoms with Crippen LogP contribution < -0.4 is 4.18 Å². The highest BCUT2D eigenvalue weighted by Gasteiger charge is 2.67. The fourth-order valence-electron chi connectivity index (χ4n) is 10.7. The van der Waals surface area contributed by atoms with Crippen molar-refractivity contribution in [3.8, 4) is 23.0 Å². The second-order valence-corrected chi connectivity index (χ2v) is 18.7. The van der Waals surface area contributed by atoms with E-state index in [1.165, 1.54) is 18.2 Å². The molecule has 5 aromatic rings. The zero-order valence-corrected chi connectivity index (χ0v) is 31.7. The number of aliphatic hydroxyl groups is 1. The van der Waals surface area contributed by atoms with Gasteiger partial charge in [-0.05, 0) is 96.8 Å². The van der Waals surface area contributed by atoms with Crippen molar-refractivity contribution in [3.05, 3.63) is 105 Å². The summed E-state index contributed by atoms with van der Waals surface area (Å²) in [5, 5.41) is 46.5. The van der Waals surface area contributed by atoms with Crippen LogP contribution in [-0.4, -0.2) is 70.3 Å². The van der Waals surface area contributed by atoms with E-state index in [2.05, 4.69) is 0 Å². The van der Waals surface area contributed by atoms with Gasteiger partial charge in [-0.2, -0.15) is 16.8 Å². The number of rotatable bonds is 4. The number of furan rings is 1. The predicted molar refractivity (Wildman–Crippen MR) is 199 cm³/mol. The summed E-state index contributed by atoms with van der Waals surface area (Å²) in [6, 6.07) is 8.66. The van der Waals surface area contributed by atoms with Crippen molar-refractivity contribution in [1.82, 2.24) is 0 Å². The molecule has 0 radical (unpaired) electrons. The van der Waals surface area contributed by atoms with Crippen LogP contribution in [0, 0.1) is 0 Å². The fraction of sp³-hybridized carbons (Fsp3) is 0.300. The van der Waals surface area contributed by atoms with E-state index in [4.69, 9.17) is 13.3 Å². The highest BCUT2D eigenvalue weighted by atomic mass is 32.3. The van der Waals surface area contributed by atoms with Crippen LogP contribution in [0.5, 0.6) is 23.0 Å². The van der Waals surface area contributed by atoms with Gasteiger partial charge in [0, 0.05) is 60.2 Å². The van der Waals surface area contributed by atoms with Crippen LogP contribution in [0.25, 0.3) is 21.5 Å². The first kappa shape index (κ1) is 36.1. The standard InChI is InChI=1S/C40H32O15S2/c1-37-7-3-4-17-15-53-34(31(17)37)33(44)22-11-21-19(12-24(22)37)29(42)14-26(32(21)43)39(56(47,48)49)9-8-38(2)25-13-20-18(28(41)5-6-30(20)55-57(50,51)52)10-23(25)36(45)40(46)35(38)27(39)16-54-40/h5-6,10-15,41-43,46H,3-4,7-9,16H2,1-2H3,(H,47,48,49)(H,50,51,52)/t37-,38-,39+,40+/m0/s1. The number of carbonyl (C=O) groups is 2. The molecule has 5 aliphatic rings. The maximum absolute atomic E-state index is 14.3. The second-order valence-electron chi connectivity index (χ2n) is 16.0. The first-order chi connectivity index (χ1) is 26.7. The van der Waals surface area contributed by atoms with Crippen molar-refractivity contribution in [2.24, 2.45) is 0 Å². The molecular formula is C40H32O15S2. The van der Waals surface area contributed by atoms with Crippen LogP contribution in [0.15, 0.2) is 64.3 Å². The normalized spacial score (nSPS) is 27.7. The first-order valence-corrected chi connectivity index (χ1v) is 20.8. The smallest absolute Gasteiger partial charge is 0.446 e. The Labute approximate surface area is 323 Å². The van der Waals surface area contributed by atoms with Gasteiger partial charge in [-0.15, -0.1) is 0 Å². The molecule has 0 spiro atoms. The molecule has 0 bridgehead atoms. The van der Waals surface area contributed by atoms with E-state index in [0.717, 1.165) is 42.2 Å². The summed E-state index contributed by atoms with van der Waals surface area (Å²) in [7, 11) is -10.5. The average Bonchev–Trinajstić information content (AvgIpc) is 3.76. The summed E-state index contributed by atoms with van der Waals surface area (Å²) >= 11 is 0. The van der Waals surface area contributed by atoms with E-state index in [-0.39, 0.29) is 61.6 Å². The topological polar surface area (TPSA) is 255 Å². The molecule has 0 amide bonds. The van der Waals surface area contributed by atoms with Gasteiger partial charge in [0.2, 0.25) is 11.6 Å². The van der Waals surface area contributed by atoms with Crippen LogP contribution >= 0.6 is 0 Å². The van der Waals surface area contributed by atoms with Gasteiger partial charge in [0.15, 0.2) is 11.5 Å². The fourth-order valence-corrected chi connectivity index (χ4v) is 12.3. The minimum atomic E-state index is -5.39. The molecule has 0 saturated carbocycles. The van der Waals surface area contributed by atoms with Crippen molar-refractivity contribution in [2.45, 2.75) is 67.3 Å². The van der Waals surface area contributed by atoms with Gasteiger partial charge in [0.05, 0.1) is 12.9 Å². The maximum atomic E-state index is 14.3. The van der Waals surface area contributed by atoms with Crippen molar-refractivity contribution in [2.75, 3.05) is 6.61 Å². The Balaban J connectivity index is 1.22. The van der Waals surface area contributed by atoms with Crippen molar-refractivity contribution in [1.29, 1.82) is 0 Å². The monoisotopic (exact) mass is 816 g/mol. The van der Waals surface area contributed by atoms with Crippen LogP contribution in [0.4, 0.5) is 0 Å². The Hall–Kier alpha value is -5.30. The molecule has 17 heteroatoms. The quantitative estimate of drug-likeness (QED) is 0.0782. The van der Waals surface area contributed by atoms with Gasteiger partial charge in [-0.3, -0.25) is 18.7 Å². The van der Waals surface area contributed by atoms with Gasteiger partial charge < -0.3 is 33.8 Å². The van der Waals surface area contributed by atoms with Gasteiger partial charge in [0.1, 0.15) is 22.0 Å². The van der Waals surface area contributed by atoms with E-state index < -0.39 is 95.0 Å². The highest BCUT2D eigenvalue weighted by Crippen LogP contribution is 2.64. The summed E-state index contributed by atoms with van der Waals surface area (Å²) in [5.74, 6) is -6.17. The third-order valence-corrected chi connectivity index (χ3v) is 15.1. The zero-order valence-electron chi connectivity index (χ0n) is 30.0. The summed E-state index contributed by atoms with van der Waals surface area (Å²) in [6.07, 6.45) is 2.99. The molecule has 4 atom stereocenters. The minimum Gasteiger partial charge on any atom is -0.507 e. The highest BCUT2D eigenvalue weighted by molar-refractivity contribution is 7.87. The van der Waals surface area contributed by atoms with Gasteiger partial charge >= 0.3 is 10.4 Å². The lowest BCUT2D eigenvalue weighted by Crippen LogP contribution is -2.55. The number of phenolic OH excluding ortho intramolecular Hbond substituents is 3. The largest absolute Gasteiger partial charge is 0.507 e. The molecule has 1 aliphatic heterocycles. The molecule has 4 aliphatic carbocycles. The number of aromatic hydroxyl groups is 3. The van der Waals surface area contributed by atoms with Crippen molar-refractivity contribution in [3.63, 3.8) is 0 Å². The van der Waals surface area contributed by atoms with Crippen LogP contribution in [-0.2, 0) is 47.3 Å². The first-order valence-electron chi connectivity index (χ1n) is 17.9. The maximum Gasteiger partial charge on any atom is 0.446 e. The molecule has 0 unspecified atom stereocenters. The lowest BCUT2D eigenvalue weighted by atomic mass is 9.56. The van der Waals surface area contributed by atoms with Gasteiger partial charge in [-0.25, -0.2) is 0 Å². The molecule has 0 fully saturated rings. The number of benzene rings is 4. The van der Waals surface area contributed by atoms with Crippen LogP contribution in [0.2, 0.25) is 0 Å². The third-order valence-electron chi connectivity index (χ3n) is 13.2. The molecule has 15 nitrogen and oxygen atoms in total. The molecule has 1 aromatic heterocycles. The number of aryl methyl sites for hydroxylation is 1. The minimum absolute atomic E-state index is 0.0616. The van der Waals surface area contributed by atoms with E-state index >= 15 is 0 Å². The summed E-state index contributed by atoms with van der Waals surface area (Å²) in [5.41, 5.74) is -0.754. The van der Waals surface area contributed by atoms with Crippen molar-refractivity contribution < 1.29 is 69.3 Å². The number of Topliss-reactive ketones (excluding diaryl/α,β-unsaturated/α-hetero) is 1. The number of ether oxygens (including phenoxy) is 1. The average molecular weight is 817 g/mol. The Kier molecular flexibility index (Phi) is 6.83. The lowest BCUT2D eigenvalue weighted by Gasteiger charge is -2.49. The van der Waals surface area contributed by atoms with Crippen molar-refractivity contribution >= 4 is 53.6 Å². The van der Waals surface area contributed by atoms with E-state index in [0.29, 0.717) is 12.0 Å². The molecule has 4 aromatic carbocycles. The van der Waals surface area contributed by atoms with E-state index in [1.807, 2.05) is 6.92 Å². The molecule has 57 heavy (non-hydrogen) atoms. The van der Waals surface area contributed by atoms with E-state index in [9.17, 15) is 56.0 Å². The number of hydrogen-bond acceptors (Lipinski definition) is 13. The number of phenols is 3. The molecule has 10 rings (SSSR count). The lowest BCUT2D eigenvalue weighted by molar-refractivity contribution is -0.125. The van der Waals surface area contributed by atoms with Crippen LogP contribution in [0.3, 0.4) is 0 Å². The number of ketones is 2. The molecular weight excluding hydrogens is 785 g/mol. The SMILES string of the molecule is C[C@@]12CCCc3coc(c31)C(=O)c1cc3c(O)c([C@]4(S(=O)(=O)O)CC[C@]5(C)C6=C4CO[C@@]6(O)C(=O)c4cc6c(O)ccc(OS(=O)(=O)O)c6cc45)cc(O)c3cc12. The number of hydrogen-bond donors (Lipinski definition) is 6. The van der Waals surface area contributed by atoms with Crippen LogP contribution in [0.1, 0.15) is 93.8 Å².